The Labute approximate surface area is 840 Å². The topological polar surface area (TPSA) is 658 Å². The van der Waals surface area contributed by atoms with Gasteiger partial charge in [-0.05, 0) is 166 Å². The summed E-state index contributed by atoms with van der Waals surface area (Å²) in [5.74, 6) is -12.8. The lowest BCUT2D eigenvalue weighted by Gasteiger charge is -2.32. The van der Waals surface area contributed by atoms with Gasteiger partial charge in [-0.1, -0.05) is 125 Å². The average molecular weight is 2020 g/mol. The van der Waals surface area contributed by atoms with E-state index in [0.717, 1.165) is 49.0 Å². The van der Waals surface area contributed by atoms with Crippen LogP contribution in [0.5, 0.6) is 0 Å². The molecule has 0 radical (unpaired) electrons. The standard InChI is InChI=1S/C100H132N26O13.C2HF3O2/c1-5-57(4)85(102)95(136)123-79(45-56(2)3)96(137)124-42-20-36-82(124)92(133)118-76(46-58-51-110-68-28-11-6-23-63(58)68)89(130)116-74(33-16-17-39-101)88(129)121-80(49-61-54-113-71-31-14-9-26-66(61)71)97(138)125-43-21-38-84(125)94(135)120-78(48-60-53-112-70-30-13-8-25-65(60)70)91(132)122-81(50-62-55-114-72-32-15-10-27-67(62)72)98(139)126-44-22-37-83(126)93(134)119-77(47-59-52-111-69-29-12-7-24-64(59)69)90(131)117-75(35-19-41-109-100(106)107)87(128)115-73(86(103)127)34-18-40-108-99(104)105;3-2(4,5)1(6)7/h6-15,23-32,51-57,73-85,110-114H,5,16-22,33-50,101-102H2,1-4H3,(H2,103,127)(H,115,128)(H,116,130)(H,117,131)(H,118,133)(H,119,134)(H,120,135)(H,121,129)(H,122,132)(H,123,136)(H4,104,105,108)(H4,106,107,109);(H,6,7)/t57-,73-,74-,75-,76-,77-,78-,79-,80-,81-,82-,83-,84-,85-;/m0./s1. The third-order valence-electron chi connectivity index (χ3n) is 27.1. The smallest absolute Gasteiger partial charge is 0.475 e. The van der Waals surface area contributed by atoms with Gasteiger partial charge in [0, 0.05) is 150 Å². The maximum absolute atomic E-state index is 16.1. The number of nitrogens with two attached hydrogens (primary N) is 5. The number of carboxylic acids is 1. The first-order valence-electron chi connectivity index (χ1n) is 49.5. The number of halogens is 3. The van der Waals surface area contributed by atoms with Gasteiger partial charge in [-0.15, -0.1) is 0 Å². The summed E-state index contributed by atoms with van der Waals surface area (Å²) in [4.78, 5) is 226. The van der Waals surface area contributed by atoms with Crippen molar-refractivity contribution in [1.29, 1.82) is 10.8 Å². The van der Waals surface area contributed by atoms with Gasteiger partial charge in [0.1, 0.15) is 72.5 Å². The molecule has 3 aliphatic rings. The minimum Gasteiger partial charge on any atom is -0.475 e. The fourth-order valence-electron chi connectivity index (χ4n) is 19.2. The lowest BCUT2D eigenvalue weighted by Crippen LogP contribution is -2.61. The molecule has 3 saturated heterocycles. The fraction of sp³-hybridized carbons (Fsp3) is 0.451. The Morgan fingerprint density at radius 3 is 0.966 bits per heavy atom. The van der Waals surface area contributed by atoms with E-state index in [1.54, 1.807) is 31.0 Å². The van der Waals surface area contributed by atoms with Crippen molar-refractivity contribution in [3.05, 3.63) is 180 Å². The van der Waals surface area contributed by atoms with Crippen LogP contribution in [0.2, 0.25) is 0 Å². The van der Waals surface area contributed by atoms with Crippen LogP contribution in [-0.2, 0) is 99.2 Å². The zero-order chi connectivity index (χ0) is 105. The van der Waals surface area contributed by atoms with E-state index < -0.39 is 167 Å². The number of carbonyl (C=O) groups is 14. The van der Waals surface area contributed by atoms with E-state index >= 15 is 43.2 Å². The van der Waals surface area contributed by atoms with E-state index in [0.29, 0.717) is 71.9 Å². The number of likely N-dealkylation sites (tertiary alicyclic amines) is 3. The highest BCUT2D eigenvalue weighted by Crippen LogP contribution is 2.31. The number of fused-ring (bicyclic) bond motifs is 5. The average Bonchev–Trinajstić information content (AvgIpc) is 1.65. The Kier molecular flexibility index (Phi) is 38.4. The SMILES string of the molecule is CC[C@H](C)[C@H](N)C(=O)N[C@@H](CC(C)C)C(=O)N1CCC[C@H]1C(=O)N[C@@H](Cc1c[nH]c2ccccc12)C(=O)N[C@@H](CCCCN)C(=O)N[C@@H](Cc1c[nH]c2ccccc12)C(=O)N1CCC[C@H]1C(=O)N[C@@H](Cc1c[nH]c2ccccc12)C(=O)N[C@@H](Cc1c[nH]c2ccccc12)C(=O)N1CCC[C@H]1C(=O)N[C@@H](Cc1c[nH]c2ccccc12)C(=O)N[C@@H](CCCNC(=N)N)C(=O)N[C@@H](CCCNC(=N)N)C(N)=O.O=C(O)C(F)(F)F. The minimum absolute atomic E-state index is 0.0147. The molecule has 44 heteroatoms. The molecule has 3 aliphatic heterocycles. The highest BCUT2D eigenvalue weighted by Gasteiger charge is 2.46. The van der Waals surface area contributed by atoms with E-state index in [4.69, 9.17) is 49.4 Å². The number of H-pyrrole nitrogens is 5. The molecule has 5 aromatic carbocycles. The van der Waals surface area contributed by atoms with Crippen molar-refractivity contribution >= 4 is 149 Å². The number of nitrogens with one attached hydrogen (secondary N) is 18. The molecule has 0 saturated carbocycles. The Morgan fingerprint density at radius 1 is 0.397 bits per heavy atom. The molecule has 10 aromatic rings. The number of para-hydroxylation sites is 5. The van der Waals surface area contributed by atoms with E-state index in [1.807, 2.05) is 149 Å². The van der Waals surface area contributed by atoms with Crippen molar-refractivity contribution in [3.8, 4) is 0 Å². The van der Waals surface area contributed by atoms with Crippen molar-refractivity contribution in [3.63, 3.8) is 0 Å². The van der Waals surface area contributed by atoms with Crippen LogP contribution < -0.4 is 87.2 Å². The van der Waals surface area contributed by atoms with E-state index in [9.17, 15) is 32.3 Å². The Bertz CT molecular complexity index is 6330. The molecular formula is C102H133F3N26O15. The highest BCUT2D eigenvalue weighted by atomic mass is 19.4. The zero-order valence-electron chi connectivity index (χ0n) is 82.0. The number of aromatic amines is 5. The normalized spacial score (nSPS) is 16.9. The fourth-order valence-corrected chi connectivity index (χ4v) is 19.2. The number of nitrogens with zero attached hydrogens (tertiary/aromatic N) is 3. The van der Waals surface area contributed by atoms with E-state index in [1.165, 1.54) is 14.7 Å². The first-order chi connectivity index (χ1) is 69.9. The van der Waals surface area contributed by atoms with Gasteiger partial charge in [0.15, 0.2) is 11.9 Å². The minimum atomic E-state index is -5.08. The number of carbonyl (C=O) groups excluding carboxylic acids is 13. The highest BCUT2D eigenvalue weighted by molar-refractivity contribution is 6.03. The van der Waals surface area contributed by atoms with Crippen molar-refractivity contribution in [2.45, 2.75) is 241 Å². The predicted octanol–water partition coefficient (Wildman–Crippen LogP) is 4.14. The van der Waals surface area contributed by atoms with E-state index in [2.05, 4.69) is 83.4 Å². The summed E-state index contributed by atoms with van der Waals surface area (Å²) in [5.41, 5.74) is 36.1. The van der Waals surface area contributed by atoms with Crippen LogP contribution in [0.3, 0.4) is 0 Å². The summed E-state index contributed by atoms with van der Waals surface area (Å²) in [6.45, 7) is 8.37. The number of aromatic nitrogens is 5. The summed E-state index contributed by atoms with van der Waals surface area (Å²) in [5, 5.41) is 57.8. The summed E-state index contributed by atoms with van der Waals surface area (Å²) >= 11 is 0. The third kappa shape index (κ3) is 28.8. The van der Waals surface area contributed by atoms with Gasteiger partial charge in [-0.2, -0.15) is 13.2 Å². The van der Waals surface area contributed by atoms with Crippen LogP contribution in [0.1, 0.15) is 152 Å². The number of guanidine groups is 2. The second kappa shape index (κ2) is 51.2. The predicted molar refractivity (Wildman–Crippen MR) is 543 cm³/mol. The van der Waals surface area contributed by atoms with Gasteiger partial charge in [-0.25, -0.2) is 4.79 Å². The zero-order valence-corrected chi connectivity index (χ0v) is 82.0. The lowest BCUT2D eigenvalue weighted by molar-refractivity contribution is -0.192. The Balaban J connectivity index is 0.00000261. The molecular weight excluding hydrogens is 1890 g/mol. The molecule has 14 atom stereocenters. The van der Waals surface area contributed by atoms with Gasteiger partial charge in [0.2, 0.25) is 76.8 Å². The summed E-state index contributed by atoms with van der Waals surface area (Å²) < 4.78 is 31.7. The largest absolute Gasteiger partial charge is 0.490 e. The monoisotopic (exact) mass is 2020 g/mol. The molecule has 0 spiro atoms. The molecule has 0 bridgehead atoms. The quantitative estimate of drug-likeness (QED) is 0.0145. The number of unbranched alkanes of at least 4 members (excludes halogenated alkanes) is 1. The molecule has 5 aromatic heterocycles. The molecule has 0 aliphatic carbocycles. The molecule has 29 N–H and O–H groups in total. The molecule has 3 fully saturated rings. The number of hydrogen-bond donors (Lipinski definition) is 24. The lowest BCUT2D eigenvalue weighted by atomic mass is 9.97. The number of amides is 13. The Hall–Kier alpha value is -15.4. The summed E-state index contributed by atoms with van der Waals surface area (Å²) in [7, 11) is 0. The van der Waals surface area contributed by atoms with Crippen LogP contribution in [0, 0.1) is 22.7 Å². The van der Waals surface area contributed by atoms with Gasteiger partial charge in [0.25, 0.3) is 0 Å². The number of hydrogen-bond acceptors (Lipinski definition) is 18. The first kappa shape index (κ1) is 109. The Morgan fingerprint density at radius 2 is 0.671 bits per heavy atom. The molecule has 13 rings (SSSR count). The first-order valence-corrected chi connectivity index (χ1v) is 49.5. The molecule has 146 heavy (non-hydrogen) atoms. The molecule has 782 valence electrons. The van der Waals surface area contributed by atoms with Crippen molar-refractivity contribution < 1.29 is 85.4 Å². The number of alkyl halides is 3. The summed E-state index contributed by atoms with van der Waals surface area (Å²) in [6, 6.07) is 20.3. The van der Waals surface area contributed by atoms with Gasteiger partial charge >= 0.3 is 12.1 Å². The van der Waals surface area contributed by atoms with Gasteiger partial charge < -0.3 is 132 Å². The second-order valence-corrected chi connectivity index (χ2v) is 37.9. The van der Waals surface area contributed by atoms with Gasteiger partial charge in [-0.3, -0.25) is 73.1 Å². The van der Waals surface area contributed by atoms with Crippen molar-refractivity contribution in [2.24, 2.45) is 40.5 Å². The second-order valence-electron chi connectivity index (χ2n) is 37.9. The molecule has 13 amide bonds. The van der Waals surface area contributed by atoms with Crippen LogP contribution >= 0.6 is 0 Å². The van der Waals surface area contributed by atoms with Crippen molar-refractivity contribution in [1.82, 2.24) is 98.1 Å². The molecule has 8 heterocycles. The maximum atomic E-state index is 16.1. The number of carboxylic acid groups (broad SMARTS) is 1. The third-order valence-corrected chi connectivity index (χ3v) is 27.1. The maximum Gasteiger partial charge on any atom is 0.490 e. The molecule has 0 unspecified atom stereocenters. The van der Waals surface area contributed by atoms with Gasteiger partial charge in [0.05, 0.1) is 6.04 Å². The number of rotatable bonds is 48. The molecule has 41 nitrogen and oxygen atoms in total. The van der Waals surface area contributed by atoms with Crippen molar-refractivity contribution in [2.75, 3.05) is 39.3 Å². The van der Waals surface area contributed by atoms with Crippen LogP contribution in [0.15, 0.2) is 152 Å². The van der Waals surface area contributed by atoms with E-state index in [-0.39, 0.29) is 153 Å². The van der Waals surface area contributed by atoms with Crippen LogP contribution in [0.4, 0.5) is 13.2 Å². The number of benzene rings is 5. The van der Waals surface area contributed by atoms with Crippen LogP contribution in [0.25, 0.3) is 54.5 Å². The summed E-state index contributed by atoms with van der Waals surface area (Å²) in [6.07, 6.45) is 6.43. The number of aliphatic carboxylic acids is 1. The van der Waals surface area contributed by atoms with Crippen LogP contribution in [-0.4, -0.2) is 263 Å². The number of primary amides is 1.